The van der Waals surface area contributed by atoms with Gasteiger partial charge in [-0.05, 0) is 42.3 Å². The quantitative estimate of drug-likeness (QED) is 0.592. The standard InChI is InChI=1S/C21H19ClN2O3/c1-23-12-11-21(15-5-3-4-6-16(15)24(2)20(21)27)17(19(23)26)18(25)13-7-9-14(22)10-8-13/h3-10,17H,11-12H2,1-2H3. The minimum absolute atomic E-state index is 0.197. The van der Waals surface area contributed by atoms with Crippen molar-refractivity contribution in [1.82, 2.24) is 4.90 Å². The second-order valence-corrected chi connectivity index (χ2v) is 7.60. The van der Waals surface area contributed by atoms with Crippen LogP contribution in [0.4, 0.5) is 5.69 Å². The Hall–Kier alpha value is -2.66. The lowest BCUT2D eigenvalue weighted by Gasteiger charge is -2.42. The van der Waals surface area contributed by atoms with Crippen molar-refractivity contribution in [2.75, 3.05) is 25.5 Å². The SMILES string of the molecule is CN1CCC2(C(=O)N(C)c3ccccc32)C(C(=O)c2ccc(Cl)cc2)C1=O. The summed E-state index contributed by atoms with van der Waals surface area (Å²) in [5, 5.41) is 0.510. The molecule has 1 saturated heterocycles. The molecule has 0 aliphatic carbocycles. The first-order valence-electron chi connectivity index (χ1n) is 8.80. The highest BCUT2D eigenvalue weighted by molar-refractivity contribution is 6.30. The van der Waals surface area contributed by atoms with Gasteiger partial charge in [-0.25, -0.2) is 0 Å². The second kappa shape index (κ2) is 6.20. The smallest absolute Gasteiger partial charge is 0.238 e. The van der Waals surface area contributed by atoms with Crippen LogP contribution in [-0.2, 0) is 15.0 Å². The van der Waals surface area contributed by atoms with Gasteiger partial charge in [-0.3, -0.25) is 14.4 Å². The summed E-state index contributed by atoms with van der Waals surface area (Å²) in [6.07, 6.45) is 0.416. The number of piperidine rings is 1. The molecule has 2 aliphatic rings. The Balaban J connectivity index is 1.91. The number of hydrogen-bond donors (Lipinski definition) is 0. The van der Waals surface area contributed by atoms with E-state index in [-0.39, 0.29) is 17.6 Å². The molecule has 4 rings (SSSR count). The lowest BCUT2D eigenvalue weighted by molar-refractivity contribution is -0.143. The van der Waals surface area contributed by atoms with E-state index in [0.29, 0.717) is 23.6 Å². The number of anilines is 1. The highest BCUT2D eigenvalue weighted by Gasteiger charge is 2.61. The molecule has 138 valence electrons. The van der Waals surface area contributed by atoms with Gasteiger partial charge in [0, 0.05) is 36.9 Å². The summed E-state index contributed by atoms with van der Waals surface area (Å²) in [5.74, 6) is -1.95. The number of likely N-dealkylation sites (tertiary alicyclic amines) is 1. The van der Waals surface area contributed by atoms with Gasteiger partial charge in [-0.1, -0.05) is 29.8 Å². The largest absolute Gasteiger partial charge is 0.345 e. The summed E-state index contributed by atoms with van der Waals surface area (Å²) < 4.78 is 0. The van der Waals surface area contributed by atoms with Crippen LogP contribution in [0.1, 0.15) is 22.3 Å². The van der Waals surface area contributed by atoms with E-state index < -0.39 is 11.3 Å². The van der Waals surface area contributed by atoms with Gasteiger partial charge in [0.15, 0.2) is 5.78 Å². The third-order valence-electron chi connectivity index (χ3n) is 5.78. The molecule has 1 fully saturated rings. The predicted molar refractivity (Wildman–Crippen MR) is 103 cm³/mol. The number of halogens is 1. The molecule has 2 amide bonds. The summed E-state index contributed by atoms with van der Waals surface area (Å²) in [5.41, 5.74) is 0.735. The Morgan fingerprint density at radius 3 is 2.44 bits per heavy atom. The van der Waals surface area contributed by atoms with Crippen molar-refractivity contribution in [1.29, 1.82) is 0 Å². The van der Waals surface area contributed by atoms with Gasteiger partial charge in [0.2, 0.25) is 11.8 Å². The van der Waals surface area contributed by atoms with Gasteiger partial charge in [0.1, 0.15) is 5.92 Å². The summed E-state index contributed by atoms with van der Waals surface area (Å²) in [6.45, 7) is 0.428. The highest BCUT2D eigenvalue weighted by atomic mass is 35.5. The van der Waals surface area contributed by atoms with E-state index in [1.807, 2.05) is 24.3 Å². The second-order valence-electron chi connectivity index (χ2n) is 7.17. The minimum atomic E-state index is -1.16. The molecule has 5 nitrogen and oxygen atoms in total. The number of nitrogens with zero attached hydrogens (tertiary/aromatic N) is 2. The van der Waals surface area contributed by atoms with Gasteiger partial charge in [0.25, 0.3) is 0 Å². The molecule has 2 aromatic rings. The van der Waals surface area contributed by atoms with Crippen molar-refractivity contribution in [3.05, 3.63) is 64.7 Å². The molecule has 2 unspecified atom stereocenters. The molecular formula is C21H19ClN2O3. The molecule has 27 heavy (non-hydrogen) atoms. The molecule has 2 aliphatic heterocycles. The van der Waals surface area contributed by atoms with Crippen LogP contribution in [0.15, 0.2) is 48.5 Å². The summed E-state index contributed by atoms with van der Waals surface area (Å²) >= 11 is 5.94. The molecule has 2 heterocycles. The van der Waals surface area contributed by atoms with E-state index in [0.717, 1.165) is 11.3 Å². The van der Waals surface area contributed by atoms with Gasteiger partial charge in [0.05, 0.1) is 5.41 Å². The first kappa shape index (κ1) is 17.7. The molecule has 6 heteroatoms. The Labute approximate surface area is 162 Å². The van der Waals surface area contributed by atoms with Crippen molar-refractivity contribution in [3.8, 4) is 0 Å². The summed E-state index contributed by atoms with van der Waals surface area (Å²) in [7, 11) is 3.37. The van der Waals surface area contributed by atoms with E-state index in [2.05, 4.69) is 0 Å². The minimum Gasteiger partial charge on any atom is -0.345 e. The number of ketones is 1. The van der Waals surface area contributed by atoms with Crippen LogP contribution in [0.25, 0.3) is 0 Å². The maximum atomic E-state index is 13.4. The van der Waals surface area contributed by atoms with Gasteiger partial charge in [-0.15, -0.1) is 0 Å². The van der Waals surface area contributed by atoms with E-state index in [9.17, 15) is 14.4 Å². The first-order valence-corrected chi connectivity index (χ1v) is 9.18. The van der Waals surface area contributed by atoms with Crippen LogP contribution < -0.4 is 4.90 Å². The third kappa shape index (κ3) is 2.42. The average molecular weight is 383 g/mol. The van der Waals surface area contributed by atoms with Crippen LogP contribution in [0, 0.1) is 5.92 Å². The zero-order valence-corrected chi connectivity index (χ0v) is 15.9. The zero-order chi connectivity index (χ0) is 19.3. The van der Waals surface area contributed by atoms with Crippen LogP contribution in [-0.4, -0.2) is 43.1 Å². The summed E-state index contributed by atoms with van der Waals surface area (Å²) in [6, 6.07) is 13.9. The van der Waals surface area contributed by atoms with E-state index in [4.69, 9.17) is 11.6 Å². The molecule has 1 spiro atoms. The van der Waals surface area contributed by atoms with Crippen molar-refractivity contribution >= 4 is 34.9 Å². The molecule has 2 atom stereocenters. The Kier molecular flexibility index (Phi) is 4.07. The van der Waals surface area contributed by atoms with Crippen molar-refractivity contribution in [2.24, 2.45) is 5.92 Å². The third-order valence-corrected chi connectivity index (χ3v) is 6.03. The first-order chi connectivity index (χ1) is 12.9. The molecule has 2 aromatic carbocycles. The average Bonchev–Trinajstić information content (AvgIpc) is 2.88. The van der Waals surface area contributed by atoms with Crippen LogP contribution >= 0.6 is 11.6 Å². The number of likely N-dealkylation sites (N-methyl/N-ethyl adjacent to an activating group) is 1. The molecule has 0 bridgehead atoms. The predicted octanol–water partition coefficient (Wildman–Crippen LogP) is 2.92. The van der Waals surface area contributed by atoms with E-state index in [1.165, 1.54) is 4.90 Å². The molecule has 0 saturated carbocycles. The van der Waals surface area contributed by atoms with E-state index in [1.54, 1.807) is 43.3 Å². The zero-order valence-electron chi connectivity index (χ0n) is 15.1. The van der Waals surface area contributed by atoms with Crippen molar-refractivity contribution < 1.29 is 14.4 Å². The number of carbonyl (C=O) groups is 3. The summed E-state index contributed by atoms with van der Waals surface area (Å²) in [4.78, 5) is 43.0. The van der Waals surface area contributed by atoms with Gasteiger partial charge < -0.3 is 9.80 Å². The van der Waals surface area contributed by atoms with Crippen LogP contribution in [0.2, 0.25) is 5.02 Å². The Morgan fingerprint density at radius 2 is 1.74 bits per heavy atom. The van der Waals surface area contributed by atoms with Crippen molar-refractivity contribution in [3.63, 3.8) is 0 Å². The van der Waals surface area contributed by atoms with Crippen LogP contribution in [0.5, 0.6) is 0 Å². The Bertz CT molecular complexity index is 956. The maximum Gasteiger partial charge on any atom is 0.238 e. The lowest BCUT2D eigenvalue weighted by atomic mass is 9.63. The molecule has 0 aromatic heterocycles. The number of benzene rings is 2. The number of rotatable bonds is 2. The van der Waals surface area contributed by atoms with E-state index >= 15 is 0 Å². The van der Waals surface area contributed by atoms with Gasteiger partial charge >= 0.3 is 0 Å². The number of para-hydroxylation sites is 1. The number of carbonyl (C=O) groups excluding carboxylic acids is 3. The monoisotopic (exact) mass is 382 g/mol. The fourth-order valence-corrected chi connectivity index (χ4v) is 4.46. The fraction of sp³-hybridized carbons (Fsp3) is 0.286. The number of Topliss-reactive ketones (excluding diaryl/α,β-unsaturated/α-hetero) is 1. The Morgan fingerprint density at radius 1 is 1.07 bits per heavy atom. The fourth-order valence-electron chi connectivity index (χ4n) is 4.33. The number of fused-ring (bicyclic) bond motifs is 2. The number of amides is 2. The number of hydrogen-bond acceptors (Lipinski definition) is 3. The highest BCUT2D eigenvalue weighted by Crippen LogP contribution is 2.51. The topological polar surface area (TPSA) is 57.7 Å². The van der Waals surface area contributed by atoms with Gasteiger partial charge in [-0.2, -0.15) is 0 Å². The van der Waals surface area contributed by atoms with Crippen molar-refractivity contribution in [2.45, 2.75) is 11.8 Å². The molecule has 0 radical (unpaired) electrons. The lowest BCUT2D eigenvalue weighted by Crippen LogP contribution is -2.59. The molecule has 0 N–H and O–H groups in total. The normalized spacial score (nSPS) is 24.5. The van der Waals surface area contributed by atoms with Crippen LogP contribution in [0.3, 0.4) is 0 Å². The molecular weight excluding hydrogens is 364 g/mol. The maximum absolute atomic E-state index is 13.4.